The Kier molecular flexibility index (Phi) is 5.64. The van der Waals surface area contributed by atoms with Gasteiger partial charge in [-0.1, -0.05) is 6.07 Å². The van der Waals surface area contributed by atoms with Crippen molar-refractivity contribution in [2.75, 3.05) is 18.0 Å². The number of aromatic nitrogens is 2. The van der Waals surface area contributed by atoms with Crippen LogP contribution in [0.5, 0.6) is 0 Å². The van der Waals surface area contributed by atoms with Crippen LogP contribution in [0.3, 0.4) is 0 Å². The maximum Gasteiger partial charge on any atom is 0.251 e. The van der Waals surface area contributed by atoms with Crippen molar-refractivity contribution in [2.45, 2.75) is 59.5 Å². The molecule has 0 bridgehead atoms. The highest BCUT2D eigenvalue weighted by molar-refractivity contribution is 5.95. The third kappa shape index (κ3) is 3.76. The number of piperidine rings is 1. The van der Waals surface area contributed by atoms with Crippen molar-refractivity contribution < 1.29 is 4.79 Å². The zero-order valence-electron chi connectivity index (χ0n) is 16.4. The first kappa shape index (κ1) is 18.5. The van der Waals surface area contributed by atoms with Crippen LogP contribution in [0.1, 0.15) is 66.5 Å². The number of nitrogens with zero attached hydrogens (tertiary/aromatic N) is 3. The molecule has 26 heavy (non-hydrogen) atoms. The third-order valence-corrected chi connectivity index (χ3v) is 5.35. The molecule has 2 heterocycles. The summed E-state index contributed by atoms with van der Waals surface area (Å²) in [4.78, 5) is 15.2. The molecule has 1 saturated heterocycles. The number of nitrogens with one attached hydrogen (secondary N) is 1. The molecular weight excluding hydrogens is 324 g/mol. The molecule has 140 valence electrons. The molecule has 1 amide bonds. The van der Waals surface area contributed by atoms with E-state index in [0.717, 1.165) is 47.8 Å². The molecule has 1 unspecified atom stereocenters. The summed E-state index contributed by atoms with van der Waals surface area (Å²) in [7, 11) is 0. The standard InChI is InChI=1S/C21H30N4O/c1-5-25-17(4)20(16(3)23-25)15(2)22-21(26)18-10-9-11-19(14-18)24-12-7-6-8-13-24/h9-11,14-15H,5-8,12-13H2,1-4H3,(H,22,26). The minimum Gasteiger partial charge on any atom is -0.372 e. The minimum absolute atomic E-state index is 0.0283. The lowest BCUT2D eigenvalue weighted by Gasteiger charge is -2.29. The fourth-order valence-electron chi connectivity index (χ4n) is 3.99. The zero-order chi connectivity index (χ0) is 18.7. The van der Waals surface area contributed by atoms with Gasteiger partial charge in [0, 0.05) is 42.1 Å². The monoisotopic (exact) mass is 354 g/mol. The summed E-state index contributed by atoms with van der Waals surface area (Å²) in [6.07, 6.45) is 3.76. The van der Waals surface area contributed by atoms with Gasteiger partial charge >= 0.3 is 0 Å². The number of benzene rings is 1. The highest BCUT2D eigenvalue weighted by atomic mass is 16.1. The molecule has 1 aromatic heterocycles. The Bertz CT molecular complexity index is 774. The number of rotatable bonds is 5. The molecule has 5 heteroatoms. The second-order valence-electron chi connectivity index (χ2n) is 7.19. The molecule has 1 aliphatic heterocycles. The van der Waals surface area contributed by atoms with E-state index in [1.807, 2.05) is 36.7 Å². The van der Waals surface area contributed by atoms with Crippen molar-refractivity contribution in [3.8, 4) is 0 Å². The Morgan fingerprint density at radius 2 is 1.96 bits per heavy atom. The smallest absolute Gasteiger partial charge is 0.251 e. The van der Waals surface area contributed by atoms with Gasteiger partial charge in [-0.3, -0.25) is 9.48 Å². The highest BCUT2D eigenvalue weighted by Crippen LogP contribution is 2.23. The van der Waals surface area contributed by atoms with Gasteiger partial charge in [0.1, 0.15) is 0 Å². The van der Waals surface area contributed by atoms with Crippen molar-refractivity contribution in [3.05, 3.63) is 46.8 Å². The topological polar surface area (TPSA) is 50.2 Å². The predicted octanol–water partition coefficient (Wildman–Crippen LogP) is 4.00. The van der Waals surface area contributed by atoms with Gasteiger partial charge in [-0.25, -0.2) is 0 Å². The summed E-state index contributed by atoms with van der Waals surface area (Å²) in [5.41, 5.74) is 5.10. The molecule has 2 aromatic rings. The van der Waals surface area contributed by atoms with Gasteiger partial charge in [-0.05, 0) is 65.2 Å². The molecule has 0 spiro atoms. The second-order valence-corrected chi connectivity index (χ2v) is 7.19. The summed E-state index contributed by atoms with van der Waals surface area (Å²) in [5.74, 6) is -0.0283. The summed E-state index contributed by atoms with van der Waals surface area (Å²) in [6.45, 7) is 11.2. The van der Waals surface area contributed by atoms with Crippen molar-refractivity contribution >= 4 is 11.6 Å². The molecule has 5 nitrogen and oxygen atoms in total. The average Bonchev–Trinajstić information content (AvgIpc) is 2.96. The van der Waals surface area contributed by atoms with Gasteiger partial charge < -0.3 is 10.2 Å². The number of anilines is 1. The number of hydrogen-bond acceptors (Lipinski definition) is 3. The third-order valence-electron chi connectivity index (χ3n) is 5.35. The van der Waals surface area contributed by atoms with Gasteiger partial charge in [-0.2, -0.15) is 5.10 Å². The molecule has 0 aliphatic carbocycles. The van der Waals surface area contributed by atoms with E-state index in [9.17, 15) is 4.79 Å². The van der Waals surface area contributed by atoms with E-state index in [1.165, 1.54) is 19.3 Å². The van der Waals surface area contributed by atoms with Crippen LogP contribution in [0.25, 0.3) is 0 Å². The molecule has 1 fully saturated rings. The van der Waals surface area contributed by atoms with Crippen LogP contribution < -0.4 is 10.2 Å². The van der Waals surface area contributed by atoms with E-state index < -0.39 is 0 Å². The quantitative estimate of drug-likeness (QED) is 0.883. The maximum atomic E-state index is 12.8. The normalized spacial score (nSPS) is 15.8. The number of hydrogen-bond donors (Lipinski definition) is 1. The Morgan fingerprint density at radius 3 is 2.62 bits per heavy atom. The van der Waals surface area contributed by atoms with Gasteiger partial charge in [0.15, 0.2) is 0 Å². The fraction of sp³-hybridized carbons (Fsp3) is 0.524. The SMILES string of the molecule is CCn1nc(C)c(C(C)NC(=O)c2cccc(N3CCCCC3)c2)c1C. The zero-order valence-corrected chi connectivity index (χ0v) is 16.4. The van der Waals surface area contributed by atoms with Crippen LogP contribution in [0.4, 0.5) is 5.69 Å². The molecule has 1 aromatic carbocycles. The number of aryl methyl sites for hydroxylation is 2. The average molecular weight is 354 g/mol. The van der Waals surface area contributed by atoms with E-state index in [1.54, 1.807) is 0 Å². The molecule has 3 rings (SSSR count). The first-order chi connectivity index (χ1) is 12.5. The molecule has 1 atom stereocenters. The van der Waals surface area contributed by atoms with Crippen LogP contribution in [-0.2, 0) is 6.54 Å². The maximum absolute atomic E-state index is 12.8. The Hall–Kier alpha value is -2.30. The van der Waals surface area contributed by atoms with Crippen molar-refractivity contribution in [3.63, 3.8) is 0 Å². The van der Waals surface area contributed by atoms with E-state index >= 15 is 0 Å². The Morgan fingerprint density at radius 1 is 1.23 bits per heavy atom. The van der Waals surface area contributed by atoms with Crippen LogP contribution >= 0.6 is 0 Å². The van der Waals surface area contributed by atoms with E-state index in [4.69, 9.17) is 0 Å². The first-order valence-electron chi connectivity index (χ1n) is 9.71. The van der Waals surface area contributed by atoms with Gasteiger partial charge in [0.2, 0.25) is 0 Å². The van der Waals surface area contributed by atoms with E-state index in [0.29, 0.717) is 0 Å². The summed E-state index contributed by atoms with van der Waals surface area (Å²) >= 11 is 0. The summed E-state index contributed by atoms with van der Waals surface area (Å²) in [5, 5.41) is 7.71. The lowest BCUT2D eigenvalue weighted by atomic mass is 10.1. The van der Waals surface area contributed by atoms with Crippen LogP contribution in [0, 0.1) is 13.8 Å². The van der Waals surface area contributed by atoms with Crippen molar-refractivity contribution in [1.29, 1.82) is 0 Å². The largest absolute Gasteiger partial charge is 0.372 e. The number of carbonyl (C=O) groups is 1. The summed E-state index contributed by atoms with van der Waals surface area (Å²) in [6, 6.07) is 7.93. The predicted molar refractivity (Wildman–Crippen MR) is 106 cm³/mol. The van der Waals surface area contributed by atoms with E-state index in [-0.39, 0.29) is 11.9 Å². The molecule has 0 saturated carbocycles. The summed E-state index contributed by atoms with van der Waals surface area (Å²) < 4.78 is 1.99. The lowest BCUT2D eigenvalue weighted by molar-refractivity contribution is 0.0940. The number of amides is 1. The van der Waals surface area contributed by atoms with Crippen molar-refractivity contribution in [1.82, 2.24) is 15.1 Å². The minimum atomic E-state index is -0.0681. The Labute approximate surface area is 156 Å². The number of carbonyl (C=O) groups excluding carboxylic acids is 1. The first-order valence-corrected chi connectivity index (χ1v) is 9.71. The van der Waals surface area contributed by atoms with Crippen LogP contribution in [-0.4, -0.2) is 28.8 Å². The van der Waals surface area contributed by atoms with Crippen molar-refractivity contribution in [2.24, 2.45) is 0 Å². The highest BCUT2D eigenvalue weighted by Gasteiger charge is 2.20. The molecule has 1 N–H and O–H groups in total. The van der Waals surface area contributed by atoms with Crippen LogP contribution in [0.2, 0.25) is 0 Å². The van der Waals surface area contributed by atoms with Gasteiger partial charge in [0.05, 0.1) is 11.7 Å². The Balaban J connectivity index is 1.74. The molecule has 0 radical (unpaired) electrons. The lowest BCUT2D eigenvalue weighted by Crippen LogP contribution is -2.30. The van der Waals surface area contributed by atoms with Gasteiger partial charge in [-0.15, -0.1) is 0 Å². The van der Waals surface area contributed by atoms with Crippen LogP contribution in [0.15, 0.2) is 24.3 Å². The molecular formula is C21H30N4O. The van der Waals surface area contributed by atoms with E-state index in [2.05, 4.69) is 35.2 Å². The second kappa shape index (κ2) is 7.94. The van der Waals surface area contributed by atoms with Gasteiger partial charge in [0.25, 0.3) is 5.91 Å². The fourth-order valence-corrected chi connectivity index (χ4v) is 3.99. The molecule has 1 aliphatic rings.